The molecule has 1 aliphatic carbocycles. The fourth-order valence-electron chi connectivity index (χ4n) is 3.06. The summed E-state index contributed by atoms with van der Waals surface area (Å²) in [6, 6.07) is 15.6. The Morgan fingerprint density at radius 2 is 1.78 bits per heavy atom. The van der Waals surface area contributed by atoms with Gasteiger partial charge in [-0.1, -0.05) is 49.4 Å². The van der Waals surface area contributed by atoms with E-state index >= 15 is 0 Å². The number of fused-ring (bicyclic) bond motifs is 3. The molecule has 0 bridgehead atoms. The van der Waals surface area contributed by atoms with Crippen LogP contribution in [0.25, 0.3) is 11.1 Å². The molecule has 0 fully saturated rings. The van der Waals surface area contributed by atoms with Crippen LogP contribution < -0.4 is 5.73 Å². The summed E-state index contributed by atoms with van der Waals surface area (Å²) in [6.45, 7) is 2.95. The van der Waals surface area contributed by atoms with Crippen LogP contribution in [0.15, 0.2) is 42.5 Å². The van der Waals surface area contributed by atoms with Crippen molar-refractivity contribution in [1.29, 1.82) is 0 Å². The Morgan fingerprint density at radius 3 is 2.56 bits per heavy atom. The first-order valence-corrected chi connectivity index (χ1v) is 6.77. The maximum Gasteiger partial charge on any atom is 0.0114 e. The van der Waals surface area contributed by atoms with E-state index < -0.39 is 0 Å². The maximum atomic E-state index is 5.79. The van der Waals surface area contributed by atoms with Crippen molar-refractivity contribution in [2.24, 2.45) is 5.73 Å². The largest absolute Gasteiger partial charge is 0.330 e. The zero-order valence-electron chi connectivity index (χ0n) is 10.8. The number of nitrogens with two attached hydrogens (primary N) is 1. The van der Waals surface area contributed by atoms with E-state index in [1.54, 1.807) is 0 Å². The van der Waals surface area contributed by atoms with Crippen LogP contribution in [0.5, 0.6) is 0 Å². The summed E-state index contributed by atoms with van der Waals surface area (Å²) >= 11 is 0. The molecule has 0 aliphatic heterocycles. The van der Waals surface area contributed by atoms with Gasteiger partial charge in [0, 0.05) is 5.92 Å². The second-order valence-electron chi connectivity index (χ2n) is 4.99. The first-order chi connectivity index (χ1) is 8.85. The van der Waals surface area contributed by atoms with Gasteiger partial charge in [-0.05, 0) is 47.2 Å². The lowest BCUT2D eigenvalue weighted by Crippen LogP contribution is -2.06. The van der Waals surface area contributed by atoms with Gasteiger partial charge in [0.15, 0.2) is 0 Å². The van der Waals surface area contributed by atoms with E-state index in [1.807, 2.05) is 0 Å². The Labute approximate surface area is 109 Å². The molecular formula is C17H19N. The molecule has 0 radical (unpaired) electrons. The molecule has 0 aromatic heterocycles. The van der Waals surface area contributed by atoms with Crippen molar-refractivity contribution in [1.82, 2.24) is 0 Å². The first kappa shape index (κ1) is 11.5. The Kier molecular flexibility index (Phi) is 2.92. The quantitative estimate of drug-likeness (QED) is 0.865. The normalized spacial score (nSPS) is 16.4. The lowest BCUT2D eigenvalue weighted by Gasteiger charge is -2.12. The van der Waals surface area contributed by atoms with Gasteiger partial charge in [0.1, 0.15) is 0 Å². The van der Waals surface area contributed by atoms with E-state index in [-0.39, 0.29) is 0 Å². The minimum atomic E-state index is 0.493. The van der Waals surface area contributed by atoms with E-state index in [2.05, 4.69) is 49.4 Å². The van der Waals surface area contributed by atoms with Gasteiger partial charge in [0.05, 0.1) is 0 Å². The lowest BCUT2D eigenvalue weighted by molar-refractivity contribution is 0.740. The highest BCUT2D eigenvalue weighted by molar-refractivity contribution is 5.79. The predicted molar refractivity (Wildman–Crippen MR) is 76.8 cm³/mol. The third kappa shape index (κ3) is 1.67. The van der Waals surface area contributed by atoms with E-state index in [0.29, 0.717) is 5.92 Å². The monoisotopic (exact) mass is 237 g/mol. The summed E-state index contributed by atoms with van der Waals surface area (Å²) in [5.74, 6) is 0.493. The molecule has 1 aliphatic rings. The van der Waals surface area contributed by atoms with Crippen LogP contribution in [0.2, 0.25) is 0 Å². The molecule has 1 atom stereocenters. The van der Waals surface area contributed by atoms with Gasteiger partial charge in [-0.25, -0.2) is 0 Å². The molecule has 3 rings (SSSR count). The summed E-state index contributed by atoms with van der Waals surface area (Å²) in [7, 11) is 0. The molecule has 0 saturated carbocycles. The SMILES string of the molecule is CCc1ccc2c(c1)C(CCN)c1ccccc1-2. The number of hydrogen-bond acceptors (Lipinski definition) is 1. The van der Waals surface area contributed by atoms with Crippen molar-refractivity contribution in [2.75, 3.05) is 6.54 Å². The van der Waals surface area contributed by atoms with Gasteiger partial charge in [-0.3, -0.25) is 0 Å². The van der Waals surface area contributed by atoms with Crippen LogP contribution in [-0.4, -0.2) is 6.54 Å². The fourth-order valence-corrected chi connectivity index (χ4v) is 3.06. The van der Waals surface area contributed by atoms with Gasteiger partial charge >= 0.3 is 0 Å². The smallest absolute Gasteiger partial charge is 0.0114 e. The topological polar surface area (TPSA) is 26.0 Å². The Bertz CT molecular complexity index is 572. The van der Waals surface area contributed by atoms with E-state index in [4.69, 9.17) is 5.73 Å². The van der Waals surface area contributed by atoms with Gasteiger partial charge in [-0.2, -0.15) is 0 Å². The second-order valence-corrected chi connectivity index (χ2v) is 4.99. The molecule has 92 valence electrons. The lowest BCUT2D eigenvalue weighted by atomic mass is 9.92. The molecule has 0 spiro atoms. The average Bonchev–Trinajstić information content (AvgIpc) is 2.73. The summed E-state index contributed by atoms with van der Waals surface area (Å²) in [5.41, 5.74) is 12.9. The van der Waals surface area contributed by atoms with Crippen LogP contribution in [0, 0.1) is 0 Å². The molecule has 1 unspecified atom stereocenters. The molecule has 18 heavy (non-hydrogen) atoms. The average molecular weight is 237 g/mol. The molecule has 2 aromatic rings. The highest BCUT2D eigenvalue weighted by atomic mass is 14.5. The Hall–Kier alpha value is -1.60. The van der Waals surface area contributed by atoms with Gasteiger partial charge in [0.2, 0.25) is 0 Å². The number of rotatable bonds is 3. The zero-order valence-corrected chi connectivity index (χ0v) is 10.8. The zero-order chi connectivity index (χ0) is 12.5. The third-order valence-electron chi connectivity index (χ3n) is 3.98. The predicted octanol–water partition coefficient (Wildman–Crippen LogP) is 3.71. The maximum absolute atomic E-state index is 5.79. The second kappa shape index (κ2) is 4.58. The van der Waals surface area contributed by atoms with Crippen LogP contribution in [0.4, 0.5) is 0 Å². The number of benzene rings is 2. The minimum absolute atomic E-state index is 0.493. The highest BCUT2D eigenvalue weighted by Gasteiger charge is 2.27. The summed E-state index contributed by atoms with van der Waals surface area (Å²) in [4.78, 5) is 0. The van der Waals surface area contributed by atoms with Crippen molar-refractivity contribution in [3.05, 3.63) is 59.2 Å². The molecule has 1 heteroatoms. The van der Waals surface area contributed by atoms with Crippen molar-refractivity contribution >= 4 is 0 Å². The van der Waals surface area contributed by atoms with Crippen LogP contribution in [0.1, 0.15) is 36.0 Å². The van der Waals surface area contributed by atoms with Gasteiger partial charge < -0.3 is 5.73 Å². The summed E-state index contributed by atoms with van der Waals surface area (Å²) in [5, 5.41) is 0. The minimum Gasteiger partial charge on any atom is -0.330 e. The molecule has 2 aromatic carbocycles. The molecule has 0 heterocycles. The van der Waals surface area contributed by atoms with E-state index in [0.717, 1.165) is 19.4 Å². The molecule has 1 nitrogen and oxygen atoms in total. The van der Waals surface area contributed by atoms with Crippen molar-refractivity contribution in [2.45, 2.75) is 25.7 Å². The Morgan fingerprint density at radius 1 is 1.00 bits per heavy atom. The standard InChI is InChI=1S/C17H19N/c1-2-12-7-8-15-13-5-3-4-6-14(13)16(9-10-18)17(15)11-12/h3-8,11,16H,2,9-10,18H2,1H3. The van der Waals surface area contributed by atoms with Crippen LogP contribution in [0.3, 0.4) is 0 Å². The van der Waals surface area contributed by atoms with Crippen LogP contribution >= 0.6 is 0 Å². The van der Waals surface area contributed by atoms with E-state index in [9.17, 15) is 0 Å². The molecule has 0 saturated heterocycles. The molecule has 2 N–H and O–H groups in total. The third-order valence-corrected chi connectivity index (χ3v) is 3.98. The first-order valence-electron chi connectivity index (χ1n) is 6.77. The highest BCUT2D eigenvalue weighted by Crippen LogP contribution is 2.46. The Balaban J connectivity index is 2.18. The number of aryl methyl sites for hydroxylation is 1. The number of hydrogen-bond donors (Lipinski definition) is 1. The van der Waals surface area contributed by atoms with Gasteiger partial charge in [0.25, 0.3) is 0 Å². The van der Waals surface area contributed by atoms with Gasteiger partial charge in [-0.15, -0.1) is 0 Å². The van der Waals surface area contributed by atoms with Crippen molar-refractivity contribution in [3.8, 4) is 11.1 Å². The fraction of sp³-hybridized carbons (Fsp3) is 0.294. The summed E-state index contributed by atoms with van der Waals surface area (Å²) < 4.78 is 0. The van der Waals surface area contributed by atoms with Crippen molar-refractivity contribution in [3.63, 3.8) is 0 Å². The van der Waals surface area contributed by atoms with E-state index in [1.165, 1.54) is 27.8 Å². The van der Waals surface area contributed by atoms with Crippen LogP contribution in [-0.2, 0) is 6.42 Å². The molecular weight excluding hydrogens is 218 g/mol. The van der Waals surface area contributed by atoms with Crippen molar-refractivity contribution < 1.29 is 0 Å². The molecule has 0 amide bonds. The summed E-state index contributed by atoms with van der Waals surface area (Å²) in [6.07, 6.45) is 2.14.